The molecule has 1 heterocycles. The number of carbonyl (C=O) groups excluding carboxylic acids is 2. The minimum Gasteiger partial charge on any atom is -0.326 e. The SMILES string of the molecule is Cc1ccc(NC(=O)C2CC(=O)N(c3ccccc3)C2)c(C)c1. The molecule has 2 aromatic rings. The van der Waals surface area contributed by atoms with Crippen molar-refractivity contribution in [3.63, 3.8) is 0 Å². The largest absolute Gasteiger partial charge is 0.326 e. The quantitative estimate of drug-likeness (QED) is 0.946. The molecule has 4 heteroatoms. The Morgan fingerprint density at radius 3 is 2.57 bits per heavy atom. The predicted molar refractivity (Wildman–Crippen MR) is 91.4 cm³/mol. The summed E-state index contributed by atoms with van der Waals surface area (Å²) >= 11 is 0. The van der Waals surface area contributed by atoms with Gasteiger partial charge < -0.3 is 10.2 Å². The standard InChI is InChI=1S/C19H20N2O2/c1-13-8-9-17(14(2)10-13)20-19(23)15-11-18(22)21(12-15)16-6-4-3-5-7-16/h3-10,15H,11-12H2,1-2H3,(H,20,23). The first kappa shape index (κ1) is 15.3. The van der Waals surface area contributed by atoms with Crippen LogP contribution in [0.2, 0.25) is 0 Å². The fraction of sp³-hybridized carbons (Fsp3) is 0.263. The van der Waals surface area contributed by atoms with Crippen molar-refractivity contribution in [3.05, 3.63) is 59.7 Å². The highest BCUT2D eigenvalue weighted by atomic mass is 16.2. The van der Waals surface area contributed by atoms with Gasteiger partial charge in [-0.1, -0.05) is 35.9 Å². The smallest absolute Gasteiger partial charge is 0.229 e. The van der Waals surface area contributed by atoms with Crippen LogP contribution >= 0.6 is 0 Å². The van der Waals surface area contributed by atoms with Crippen molar-refractivity contribution < 1.29 is 9.59 Å². The highest BCUT2D eigenvalue weighted by molar-refractivity contribution is 6.03. The number of anilines is 2. The topological polar surface area (TPSA) is 49.4 Å². The second-order valence-corrected chi connectivity index (χ2v) is 6.05. The highest BCUT2D eigenvalue weighted by Gasteiger charge is 2.35. The van der Waals surface area contributed by atoms with Gasteiger partial charge in [-0.15, -0.1) is 0 Å². The minimum atomic E-state index is -0.316. The maximum absolute atomic E-state index is 12.5. The summed E-state index contributed by atoms with van der Waals surface area (Å²) in [6, 6.07) is 15.4. The van der Waals surface area contributed by atoms with Gasteiger partial charge in [-0.3, -0.25) is 9.59 Å². The van der Waals surface area contributed by atoms with E-state index in [9.17, 15) is 9.59 Å². The number of nitrogens with zero attached hydrogens (tertiary/aromatic N) is 1. The van der Waals surface area contributed by atoms with Crippen LogP contribution in [-0.4, -0.2) is 18.4 Å². The molecule has 118 valence electrons. The van der Waals surface area contributed by atoms with E-state index < -0.39 is 0 Å². The van der Waals surface area contributed by atoms with Crippen molar-refractivity contribution in [1.29, 1.82) is 0 Å². The molecule has 0 aliphatic carbocycles. The lowest BCUT2D eigenvalue weighted by Gasteiger charge is -2.17. The molecule has 0 spiro atoms. The van der Waals surface area contributed by atoms with Crippen LogP contribution in [0.25, 0.3) is 0 Å². The number of hydrogen-bond acceptors (Lipinski definition) is 2. The lowest BCUT2D eigenvalue weighted by atomic mass is 10.1. The summed E-state index contributed by atoms with van der Waals surface area (Å²) in [6.07, 6.45) is 0.256. The number of benzene rings is 2. The van der Waals surface area contributed by atoms with Crippen molar-refractivity contribution in [2.75, 3.05) is 16.8 Å². The van der Waals surface area contributed by atoms with Crippen LogP contribution in [0.5, 0.6) is 0 Å². The average Bonchev–Trinajstić information content (AvgIpc) is 2.93. The molecule has 0 radical (unpaired) electrons. The molecule has 1 atom stereocenters. The van der Waals surface area contributed by atoms with Gasteiger partial charge in [-0.05, 0) is 37.6 Å². The Labute approximate surface area is 136 Å². The fourth-order valence-electron chi connectivity index (χ4n) is 2.93. The number of aryl methyl sites for hydroxylation is 2. The molecule has 3 rings (SSSR count). The molecule has 2 amide bonds. The maximum atomic E-state index is 12.5. The summed E-state index contributed by atoms with van der Waals surface area (Å²) in [7, 11) is 0. The average molecular weight is 308 g/mol. The van der Waals surface area contributed by atoms with Gasteiger partial charge in [-0.2, -0.15) is 0 Å². The minimum absolute atomic E-state index is 0.00280. The van der Waals surface area contributed by atoms with Gasteiger partial charge in [0.05, 0.1) is 5.92 Å². The van der Waals surface area contributed by atoms with Crippen LogP contribution in [0.15, 0.2) is 48.5 Å². The molecule has 23 heavy (non-hydrogen) atoms. The molecule has 0 bridgehead atoms. The fourth-order valence-corrected chi connectivity index (χ4v) is 2.93. The molecule has 4 nitrogen and oxygen atoms in total. The molecule has 1 fully saturated rings. The Kier molecular flexibility index (Phi) is 4.15. The van der Waals surface area contributed by atoms with E-state index in [1.807, 2.05) is 62.4 Å². The molecule has 0 aromatic heterocycles. The van der Waals surface area contributed by atoms with Crippen LogP contribution in [0.3, 0.4) is 0 Å². The van der Waals surface area contributed by atoms with E-state index in [2.05, 4.69) is 5.32 Å². The number of para-hydroxylation sites is 1. The van der Waals surface area contributed by atoms with Gasteiger partial charge in [0, 0.05) is 24.3 Å². The van der Waals surface area contributed by atoms with Gasteiger partial charge in [0.1, 0.15) is 0 Å². The summed E-state index contributed by atoms with van der Waals surface area (Å²) in [5, 5.41) is 2.95. The van der Waals surface area contributed by atoms with Gasteiger partial charge in [0.25, 0.3) is 0 Å². The van der Waals surface area contributed by atoms with Crippen molar-refractivity contribution in [2.45, 2.75) is 20.3 Å². The van der Waals surface area contributed by atoms with Crippen molar-refractivity contribution in [1.82, 2.24) is 0 Å². The molecule has 1 aliphatic rings. The maximum Gasteiger partial charge on any atom is 0.229 e. The summed E-state index contributed by atoms with van der Waals surface area (Å²) in [5.41, 5.74) is 3.85. The number of rotatable bonds is 3. The van der Waals surface area contributed by atoms with Crippen LogP contribution in [0.1, 0.15) is 17.5 Å². The van der Waals surface area contributed by atoms with Crippen molar-refractivity contribution in [2.24, 2.45) is 5.92 Å². The second-order valence-electron chi connectivity index (χ2n) is 6.05. The third-order valence-electron chi connectivity index (χ3n) is 4.20. The van der Waals surface area contributed by atoms with Gasteiger partial charge in [-0.25, -0.2) is 0 Å². The van der Waals surface area contributed by atoms with Gasteiger partial charge in [0.15, 0.2) is 0 Å². The Morgan fingerprint density at radius 1 is 1.13 bits per heavy atom. The van der Waals surface area contributed by atoms with Crippen molar-refractivity contribution >= 4 is 23.2 Å². The molecule has 2 aromatic carbocycles. The highest BCUT2D eigenvalue weighted by Crippen LogP contribution is 2.26. The molecular formula is C19H20N2O2. The first-order chi connectivity index (χ1) is 11.0. The van der Waals surface area contributed by atoms with E-state index in [-0.39, 0.29) is 24.2 Å². The zero-order valence-electron chi connectivity index (χ0n) is 13.4. The Balaban J connectivity index is 1.71. The normalized spacial score (nSPS) is 17.4. The lowest BCUT2D eigenvalue weighted by Crippen LogP contribution is -2.28. The molecule has 1 unspecified atom stereocenters. The zero-order chi connectivity index (χ0) is 16.4. The summed E-state index contributed by atoms with van der Waals surface area (Å²) in [5.74, 6) is -0.413. The Bertz CT molecular complexity index is 740. The van der Waals surface area contributed by atoms with Crippen molar-refractivity contribution in [3.8, 4) is 0 Å². The van der Waals surface area contributed by atoms with Crippen LogP contribution in [0.4, 0.5) is 11.4 Å². The molecular weight excluding hydrogens is 288 g/mol. The Hall–Kier alpha value is -2.62. The summed E-state index contributed by atoms with van der Waals surface area (Å²) in [4.78, 5) is 26.4. The van der Waals surface area contributed by atoms with E-state index in [0.717, 1.165) is 22.5 Å². The summed E-state index contributed by atoms with van der Waals surface area (Å²) < 4.78 is 0. The predicted octanol–water partition coefficient (Wildman–Crippen LogP) is 3.30. The number of carbonyl (C=O) groups is 2. The zero-order valence-corrected chi connectivity index (χ0v) is 13.4. The van der Waals surface area contributed by atoms with Crippen LogP contribution < -0.4 is 10.2 Å². The first-order valence-corrected chi connectivity index (χ1v) is 7.78. The molecule has 1 aliphatic heterocycles. The van der Waals surface area contributed by atoms with E-state index in [1.165, 1.54) is 0 Å². The van der Waals surface area contributed by atoms with Crippen LogP contribution in [0, 0.1) is 19.8 Å². The molecule has 1 saturated heterocycles. The van der Waals surface area contributed by atoms with E-state index in [0.29, 0.717) is 6.54 Å². The first-order valence-electron chi connectivity index (χ1n) is 7.78. The monoisotopic (exact) mass is 308 g/mol. The number of amides is 2. The molecule has 1 N–H and O–H groups in total. The third-order valence-corrected chi connectivity index (χ3v) is 4.20. The second kappa shape index (κ2) is 6.24. The lowest BCUT2D eigenvalue weighted by molar-refractivity contribution is -0.122. The Morgan fingerprint density at radius 2 is 1.87 bits per heavy atom. The van der Waals surface area contributed by atoms with Gasteiger partial charge >= 0.3 is 0 Å². The van der Waals surface area contributed by atoms with E-state index in [4.69, 9.17) is 0 Å². The number of hydrogen-bond donors (Lipinski definition) is 1. The number of nitrogens with one attached hydrogen (secondary N) is 1. The van der Waals surface area contributed by atoms with Crippen LogP contribution in [-0.2, 0) is 9.59 Å². The van der Waals surface area contributed by atoms with E-state index >= 15 is 0 Å². The summed E-state index contributed by atoms with van der Waals surface area (Å²) in [6.45, 7) is 4.42. The van der Waals surface area contributed by atoms with Gasteiger partial charge in [0.2, 0.25) is 11.8 Å². The van der Waals surface area contributed by atoms with E-state index in [1.54, 1.807) is 4.90 Å². The molecule has 0 saturated carbocycles. The third kappa shape index (κ3) is 3.26.